The number of pyridine rings is 1. The third-order valence-corrected chi connectivity index (χ3v) is 3.59. The molecule has 0 spiro atoms. The fraction of sp³-hybridized carbons (Fsp3) is 0.211. The van der Waals surface area contributed by atoms with Crippen LogP contribution in [0.5, 0.6) is 5.75 Å². The summed E-state index contributed by atoms with van der Waals surface area (Å²) in [5.41, 5.74) is 4.26. The fourth-order valence-corrected chi connectivity index (χ4v) is 2.40. The third-order valence-electron chi connectivity index (χ3n) is 3.59. The van der Waals surface area contributed by atoms with Crippen LogP contribution in [-0.4, -0.2) is 25.3 Å². The number of fused-ring (bicyclic) bond motifs is 1. The molecule has 0 aliphatic heterocycles. The molecule has 0 amide bonds. The zero-order valence-corrected chi connectivity index (χ0v) is 13.4. The van der Waals surface area contributed by atoms with Gasteiger partial charge in [-0.3, -0.25) is 4.98 Å². The van der Waals surface area contributed by atoms with Gasteiger partial charge in [-0.2, -0.15) is 0 Å². The minimum absolute atomic E-state index is 0.553. The highest BCUT2D eigenvalue weighted by molar-refractivity contribution is 5.93. The lowest BCUT2D eigenvalue weighted by atomic mass is 10.1. The Morgan fingerprint density at radius 2 is 1.83 bits per heavy atom. The lowest BCUT2D eigenvalue weighted by molar-refractivity contribution is 0.146. The summed E-state index contributed by atoms with van der Waals surface area (Å²) in [5, 5.41) is 4.55. The summed E-state index contributed by atoms with van der Waals surface area (Å²) in [7, 11) is 1.66. The van der Waals surface area contributed by atoms with Crippen LogP contribution < -0.4 is 10.1 Å². The van der Waals surface area contributed by atoms with Gasteiger partial charge in [-0.15, -0.1) is 0 Å². The molecule has 0 bridgehead atoms. The number of ether oxygens (including phenoxy) is 2. The molecule has 2 aromatic carbocycles. The number of benzene rings is 2. The van der Waals surface area contributed by atoms with Crippen LogP contribution >= 0.6 is 0 Å². The van der Waals surface area contributed by atoms with Crippen molar-refractivity contribution in [2.45, 2.75) is 6.92 Å². The number of rotatable bonds is 6. The van der Waals surface area contributed by atoms with Gasteiger partial charge in [0.25, 0.3) is 0 Å². The summed E-state index contributed by atoms with van der Waals surface area (Å²) >= 11 is 0. The molecule has 1 N–H and O–H groups in total. The maximum absolute atomic E-state index is 5.57. The van der Waals surface area contributed by atoms with E-state index < -0.39 is 0 Å². The van der Waals surface area contributed by atoms with E-state index in [2.05, 4.69) is 35.4 Å². The monoisotopic (exact) mass is 308 g/mol. The molecule has 0 atom stereocenters. The normalized spacial score (nSPS) is 10.7. The molecule has 0 radical (unpaired) electrons. The van der Waals surface area contributed by atoms with Gasteiger partial charge in [-0.25, -0.2) is 0 Å². The highest BCUT2D eigenvalue weighted by atomic mass is 16.5. The average Bonchev–Trinajstić information content (AvgIpc) is 2.56. The second-order valence-corrected chi connectivity index (χ2v) is 5.37. The molecule has 0 unspecified atom stereocenters. The molecule has 3 aromatic rings. The smallest absolute Gasteiger partial charge is 0.119 e. The molecule has 118 valence electrons. The lowest BCUT2D eigenvalue weighted by Gasteiger charge is -2.11. The molecule has 0 fully saturated rings. The molecule has 3 rings (SSSR count). The Morgan fingerprint density at radius 1 is 1.00 bits per heavy atom. The fourth-order valence-electron chi connectivity index (χ4n) is 2.40. The van der Waals surface area contributed by atoms with Crippen molar-refractivity contribution < 1.29 is 9.47 Å². The number of hydrogen-bond acceptors (Lipinski definition) is 4. The summed E-state index contributed by atoms with van der Waals surface area (Å²) < 4.78 is 10.5. The summed E-state index contributed by atoms with van der Waals surface area (Å²) in [6, 6.07) is 16.2. The van der Waals surface area contributed by atoms with E-state index in [4.69, 9.17) is 9.47 Å². The van der Waals surface area contributed by atoms with Crippen LogP contribution in [0.3, 0.4) is 0 Å². The first-order valence-electron chi connectivity index (χ1n) is 7.60. The zero-order valence-electron chi connectivity index (χ0n) is 13.4. The van der Waals surface area contributed by atoms with E-state index in [-0.39, 0.29) is 0 Å². The van der Waals surface area contributed by atoms with Gasteiger partial charge in [0, 0.05) is 30.1 Å². The molecule has 0 aliphatic carbocycles. The Balaban J connectivity index is 1.77. The topological polar surface area (TPSA) is 43.4 Å². The number of aromatic nitrogens is 1. The van der Waals surface area contributed by atoms with E-state index in [0.29, 0.717) is 13.2 Å². The molecule has 0 aliphatic rings. The third kappa shape index (κ3) is 3.79. The number of anilines is 2. The molecule has 1 heterocycles. The maximum atomic E-state index is 5.57. The molecular formula is C19H20N2O2. The van der Waals surface area contributed by atoms with Gasteiger partial charge in [0.2, 0.25) is 0 Å². The van der Waals surface area contributed by atoms with Crippen molar-refractivity contribution in [3.63, 3.8) is 0 Å². The number of hydrogen-bond donors (Lipinski definition) is 1. The van der Waals surface area contributed by atoms with Gasteiger partial charge in [0.05, 0.1) is 12.1 Å². The van der Waals surface area contributed by atoms with E-state index in [1.165, 1.54) is 5.56 Å². The van der Waals surface area contributed by atoms with Gasteiger partial charge < -0.3 is 14.8 Å². The van der Waals surface area contributed by atoms with Gasteiger partial charge in [-0.05, 0) is 48.9 Å². The lowest BCUT2D eigenvalue weighted by Crippen LogP contribution is -2.04. The van der Waals surface area contributed by atoms with Crippen molar-refractivity contribution in [2.24, 2.45) is 0 Å². The Bertz CT molecular complexity index is 785. The van der Waals surface area contributed by atoms with E-state index in [1.807, 2.05) is 36.5 Å². The van der Waals surface area contributed by atoms with Crippen molar-refractivity contribution in [1.29, 1.82) is 0 Å². The summed E-state index contributed by atoms with van der Waals surface area (Å²) in [6.07, 6.45) is 1.83. The predicted molar refractivity (Wildman–Crippen MR) is 93.6 cm³/mol. The van der Waals surface area contributed by atoms with E-state index in [0.717, 1.165) is 28.0 Å². The van der Waals surface area contributed by atoms with Gasteiger partial charge >= 0.3 is 0 Å². The molecule has 23 heavy (non-hydrogen) atoms. The van der Waals surface area contributed by atoms with Crippen LogP contribution in [-0.2, 0) is 4.74 Å². The van der Waals surface area contributed by atoms with Gasteiger partial charge in [0.15, 0.2) is 0 Å². The second kappa shape index (κ2) is 7.11. The van der Waals surface area contributed by atoms with E-state index in [1.54, 1.807) is 7.11 Å². The summed E-state index contributed by atoms with van der Waals surface area (Å²) in [4.78, 5) is 4.43. The maximum Gasteiger partial charge on any atom is 0.119 e. The van der Waals surface area contributed by atoms with Crippen LogP contribution in [0.4, 0.5) is 11.4 Å². The van der Waals surface area contributed by atoms with E-state index >= 15 is 0 Å². The number of methoxy groups -OCH3 is 1. The molecule has 4 nitrogen and oxygen atoms in total. The Morgan fingerprint density at radius 3 is 2.61 bits per heavy atom. The average molecular weight is 308 g/mol. The van der Waals surface area contributed by atoms with Crippen molar-refractivity contribution in [2.75, 3.05) is 25.6 Å². The van der Waals surface area contributed by atoms with Crippen molar-refractivity contribution in [3.05, 3.63) is 60.3 Å². The standard InChI is InChI=1S/C19H20N2O2/c1-14-3-8-17-18(9-10-20-19(17)13-14)21-15-4-6-16(7-5-15)23-12-11-22-2/h3-10,13H,11-12H2,1-2H3,(H,20,21). The minimum atomic E-state index is 0.553. The van der Waals surface area contributed by atoms with Crippen LogP contribution in [0.25, 0.3) is 10.9 Å². The van der Waals surface area contributed by atoms with Crippen molar-refractivity contribution in [1.82, 2.24) is 4.98 Å². The number of nitrogens with zero attached hydrogens (tertiary/aromatic N) is 1. The largest absolute Gasteiger partial charge is 0.491 e. The highest BCUT2D eigenvalue weighted by Gasteiger charge is 2.03. The molecular weight excluding hydrogens is 288 g/mol. The Labute approximate surface area is 136 Å². The number of nitrogens with one attached hydrogen (secondary N) is 1. The van der Waals surface area contributed by atoms with Crippen LogP contribution in [0.15, 0.2) is 54.7 Å². The van der Waals surface area contributed by atoms with Crippen molar-refractivity contribution >= 4 is 22.3 Å². The Kier molecular flexibility index (Phi) is 4.74. The van der Waals surface area contributed by atoms with Gasteiger partial charge in [-0.1, -0.05) is 12.1 Å². The Hall–Kier alpha value is -2.59. The molecule has 1 aromatic heterocycles. The minimum Gasteiger partial charge on any atom is -0.491 e. The first-order chi connectivity index (χ1) is 11.3. The molecule has 0 saturated heterocycles. The molecule has 4 heteroatoms. The first-order valence-corrected chi connectivity index (χ1v) is 7.60. The van der Waals surface area contributed by atoms with Crippen molar-refractivity contribution in [3.8, 4) is 5.75 Å². The first kappa shape index (κ1) is 15.3. The van der Waals surface area contributed by atoms with Gasteiger partial charge in [0.1, 0.15) is 12.4 Å². The zero-order chi connectivity index (χ0) is 16.1. The molecule has 0 saturated carbocycles. The predicted octanol–water partition coefficient (Wildman–Crippen LogP) is 4.31. The number of aryl methyl sites for hydroxylation is 1. The van der Waals surface area contributed by atoms with Crippen LogP contribution in [0, 0.1) is 6.92 Å². The highest BCUT2D eigenvalue weighted by Crippen LogP contribution is 2.26. The van der Waals surface area contributed by atoms with Crippen LogP contribution in [0.2, 0.25) is 0 Å². The second-order valence-electron chi connectivity index (χ2n) is 5.37. The quantitative estimate of drug-likeness (QED) is 0.689. The van der Waals surface area contributed by atoms with Crippen LogP contribution in [0.1, 0.15) is 5.56 Å². The summed E-state index contributed by atoms with van der Waals surface area (Å²) in [5.74, 6) is 0.836. The summed E-state index contributed by atoms with van der Waals surface area (Å²) in [6.45, 7) is 3.21. The van der Waals surface area contributed by atoms with E-state index in [9.17, 15) is 0 Å². The SMILES string of the molecule is COCCOc1ccc(Nc2ccnc3cc(C)ccc23)cc1.